The molecule has 1 N–H and O–H groups in total. The molecule has 3 heteroatoms. The van der Waals surface area contributed by atoms with Crippen LogP contribution in [0.5, 0.6) is 0 Å². The van der Waals surface area contributed by atoms with Gasteiger partial charge in [-0.25, -0.2) is 0 Å². The fourth-order valence-electron chi connectivity index (χ4n) is 1.45. The third-order valence-corrected chi connectivity index (χ3v) is 2.14. The molecule has 0 spiro atoms. The van der Waals surface area contributed by atoms with E-state index in [4.69, 9.17) is 9.84 Å². The Labute approximate surface area is 66.4 Å². The number of esters is 1. The first-order valence-electron chi connectivity index (χ1n) is 3.94. The van der Waals surface area contributed by atoms with E-state index in [0.29, 0.717) is 19.4 Å². The van der Waals surface area contributed by atoms with E-state index in [1.807, 2.05) is 6.92 Å². The molecule has 0 aromatic carbocycles. The monoisotopic (exact) mass is 158 g/mol. The first kappa shape index (κ1) is 8.53. The van der Waals surface area contributed by atoms with Crippen molar-refractivity contribution in [1.29, 1.82) is 0 Å². The Kier molecular flexibility index (Phi) is 2.18. The molecule has 0 atom stereocenters. The highest BCUT2D eigenvalue weighted by atomic mass is 16.5. The van der Waals surface area contributed by atoms with E-state index in [0.717, 1.165) is 0 Å². The van der Waals surface area contributed by atoms with Crippen LogP contribution in [0.4, 0.5) is 0 Å². The van der Waals surface area contributed by atoms with Crippen LogP contribution in [0, 0.1) is 5.41 Å². The molecular weight excluding hydrogens is 144 g/mol. The summed E-state index contributed by atoms with van der Waals surface area (Å²) in [6.07, 6.45) is 0.793. The molecule has 0 heterocycles. The minimum Gasteiger partial charge on any atom is -0.466 e. The smallest absolute Gasteiger partial charge is 0.311 e. The minimum atomic E-state index is -0.407. The Bertz CT molecular complexity index is 159. The lowest BCUT2D eigenvalue weighted by atomic mass is 9.68. The summed E-state index contributed by atoms with van der Waals surface area (Å²) in [7, 11) is 0. The molecule has 0 unspecified atom stereocenters. The van der Waals surface area contributed by atoms with Gasteiger partial charge < -0.3 is 9.84 Å². The minimum absolute atomic E-state index is 0.176. The molecule has 1 fully saturated rings. The molecule has 0 bridgehead atoms. The quantitative estimate of drug-likeness (QED) is 0.602. The van der Waals surface area contributed by atoms with Gasteiger partial charge in [0.2, 0.25) is 0 Å². The zero-order valence-corrected chi connectivity index (χ0v) is 6.96. The second kappa shape index (κ2) is 2.81. The van der Waals surface area contributed by atoms with Crippen LogP contribution in [-0.4, -0.2) is 23.8 Å². The van der Waals surface area contributed by atoms with E-state index in [2.05, 4.69) is 0 Å². The van der Waals surface area contributed by atoms with Gasteiger partial charge in [0.15, 0.2) is 0 Å². The average molecular weight is 158 g/mol. The highest BCUT2D eigenvalue weighted by Crippen LogP contribution is 2.41. The number of carbonyl (C=O) groups excluding carboxylic acids is 1. The third-order valence-electron chi connectivity index (χ3n) is 2.14. The van der Waals surface area contributed by atoms with E-state index in [1.165, 1.54) is 0 Å². The lowest BCUT2D eigenvalue weighted by Gasteiger charge is -2.39. The summed E-state index contributed by atoms with van der Waals surface area (Å²) >= 11 is 0. The summed E-state index contributed by atoms with van der Waals surface area (Å²) in [5.41, 5.74) is -0.407. The van der Waals surface area contributed by atoms with Crippen LogP contribution in [0.1, 0.15) is 26.7 Å². The van der Waals surface area contributed by atoms with Crippen LogP contribution in [-0.2, 0) is 9.53 Å². The number of carbonyl (C=O) groups is 1. The number of hydrogen-bond donors (Lipinski definition) is 1. The fourth-order valence-corrected chi connectivity index (χ4v) is 1.45. The molecule has 11 heavy (non-hydrogen) atoms. The zero-order valence-electron chi connectivity index (χ0n) is 6.96. The number of hydrogen-bond acceptors (Lipinski definition) is 3. The van der Waals surface area contributed by atoms with Crippen LogP contribution in [0.3, 0.4) is 0 Å². The van der Waals surface area contributed by atoms with Gasteiger partial charge in [-0.2, -0.15) is 0 Å². The number of aliphatic hydroxyl groups excluding tert-OH is 1. The lowest BCUT2D eigenvalue weighted by Crippen LogP contribution is -2.45. The number of ether oxygens (including phenoxy) is 1. The van der Waals surface area contributed by atoms with E-state index >= 15 is 0 Å². The van der Waals surface area contributed by atoms with Crippen LogP contribution >= 0.6 is 0 Å². The van der Waals surface area contributed by atoms with E-state index in [1.54, 1.807) is 6.92 Å². The second-order valence-electron chi connectivity index (χ2n) is 3.34. The summed E-state index contributed by atoms with van der Waals surface area (Å²) in [5.74, 6) is -0.176. The largest absolute Gasteiger partial charge is 0.466 e. The number of rotatable bonds is 2. The Balaban J connectivity index is 2.41. The lowest BCUT2D eigenvalue weighted by molar-refractivity contribution is -0.167. The summed E-state index contributed by atoms with van der Waals surface area (Å²) in [6.45, 7) is 4.04. The van der Waals surface area contributed by atoms with Crippen molar-refractivity contribution in [3.8, 4) is 0 Å². The molecule has 0 aromatic rings. The molecule has 0 radical (unpaired) electrons. The molecule has 1 saturated carbocycles. The van der Waals surface area contributed by atoms with Crippen LogP contribution in [0.2, 0.25) is 0 Å². The summed E-state index contributed by atoms with van der Waals surface area (Å²) in [4.78, 5) is 11.2. The Morgan fingerprint density at radius 1 is 1.73 bits per heavy atom. The van der Waals surface area contributed by atoms with E-state index < -0.39 is 5.41 Å². The van der Waals surface area contributed by atoms with Crippen molar-refractivity contribution in [3.05, 3.63) is 0 Å². The maximum Gasteiger partial charge on any atom is 0.311 e. The summed E-state index contributed by atoms with van der Waals surface area (Å²) < 4.78 is 4.85. The van der Waals surface area contributed by atoms with Crippen LogP contribution in [0.25, 0.3) is 0 Å². The number of aliphatic hydroxyl groups is 1. The standard InChI is InChI=1S/C8H14O3/c1-3-11-7(10)8(2)4-6(9)5-8/h6,9H,3-5H2,1-2H3/t6-,8-. The van der Waals surface area contributed by atoms with Gasteiger partial charge >= 0.3 is 5.97 Å². The molecule has 1 aliphatic carbocycles. The maximum absolute atomic E-state index is 11.2. The van der Waals surface area contributed by atoms with Crippen molar-refractivity contribution < 1.29 is 14.6 Å². The van der Waals surface area contributed by atoms with Gasteiger partial charge in [0.05, 0.1) is 18.1 Å². The molecule has 0 amide bonds. The first-order valence-corrected chi connectivity index (χ1v) is 3.94. The van der Waals surface area contributed by atoms with Crippen molar-refractivity contribution in [2.24, 2.45) is 5.41 Å². The van der Waals surface area contributed by atoms with Crippen molar-refractivity contribution in [2.45, 2.75) is 32.8 Å². The Morgan fingerprint density at radius 2 is 2.27 bits per heavy atom. The topological polar surface area (TPSA) is 46.5 Å². The molecule has 0 aromatic heterocycles. The van der Waals surface area contributed by atoms with Gasteiger partial charge in [0.25, 0.3) is 0 Å². The average Bonchev–Trinajstić information content (AvgIpc) is 1.85. The van der Waals surface area contributed by atoms with E-state index in [-0.39, 0.29) is 12.1 Å². The molecule has 1 rings (SSSR count). The van der Waals surface area contributed by atoms with Crippen LogP contribution in [0.15, 0.2) is 0 Å². The molecular formula is C8H14O3. The van der Waals surface area contributed by atoms with Gasteiger partial charge in [0.1, 0.15) is 0 Å². The van der Waals surface area contributed by atoms with Gasteiger partial charge in [-0.1, -0.05) is 0 Å². The molecule has 3 nitrogen and oxygen atoms in total. The second-order valence-corrected chi connectivity index (χ2v) is 3.34. The third kappa shape index (κ3) is 1.53. The van der Waals surface area contributed by atoms with Gasteiger partial charge in [0, 0.05) is 0 Å². The normalized spacial score (nSPS) is 36.1. The van der Waals surface area contributed by atoms with Gasteiger partial charge in [-0.3, -0.25) is 4.79 Å². The highest BCUT2D eigenvalue weighted by Gasteiger charge is 2.46. The summed E-state index contributed by atoms with van der Waals surface area (Å²) in [5, 5.41) is 8.99. The Hall–Kier alpha value is -0.570. The van der Waals surface area contributed by atoms with Crippen molar-refractivity contribution in [3.63, 3.8) is 0 Å². The van der Waals surface area contributed by atoms with E-state index in [9.17, 15) is 4.79 Å². The fraction of sp³-hybridized carbons (Fsp3) is 0.875. The van der Waals surface area contributed by atoms with Crippen molar-refractivity contribution in [1.82, 2.24) is 0 Å². The maximum atomic E-state index is 11.2. The van der Waals surface area contributed by atoms with Crippen LogP contribution < -0.4 is 0 Å². The zero-order chi connectivity index (χ0) is 8.48. The van der Waals surface area contributed by atoms with Gasteiger partial charge in [-0.05, 0) is 26.7 Å². The summed E-state index contributed by atoms with van der Waals surface area (Å²) in [6, 6.07) is 0. The van der Waals surface area contributed by atoms with Gasteiger partial charge in [-0.15, -0.1) is 0 Å². The van der Waals surface area contributed by atoms with Crippen molar-refractivity contribution >= 4 is 5.97 Å². The predicted molar refractivity (Wildman–Crippen MR) is 40.0 cm³/mol. The molecule has 0 aliphatic heterocycles. The predicted octanol–water partition coefficient (Wildman–Crippen LogP) is 0.711. The molecule has 1 aliphatic rings. The Morgan fingerprint density at radius 3 is 2.64 bits per heavy atom. The molecule has 0 saturated heterocycles. The molecule has 64 valence electrons. The van der Waals surface area contributed by atoms with Crippen molar-refractivity contribution in [2.75, 3.05) is 6.61 Å². The highest BCUT2D eigenvalue weighted by molar-refractivity contribution is 5.77. The first-order chi connectivity index (χ1) is 5.08. The SMILES string of the molecule is CCOC(=O)[C@]1(C)C[C@@H](O)C1.